The Bertz CT molecular complexity index is 735. The normalized spacial score (nSPS) is 36.4. The van der Waals surface area contributed by atoms with Crippen LogP contribution >= 0.6 is 15.9 Å². The van der Waals surface area contributed by atoms with Gasteiger partial charge in [0.25, 0.3) is 0 Å². The lowest BCUT2D eigenvalue weighted by Crippen LogP contribution is -2.56. The Morgan fingerprint density at radius 1 is 1.07 bits per heavy atom. The van der Waals surface area contributed by atoms with Crippen molar-refractivity contribution in [2.45, 2.75) is 61.0 Å². The number of ether oxygens (including phenoxy) is 5. The van der Waals surface area contributed by atoms with Gasteiger partial charge in [-0.2, -0.15) is 0 Å². The molecule has 0 unspecified atom stereocenters. The predicted octanol–water partition coefficient (Wildman–Crippen LogP) is 3.07. The molecule has 5 rings (SSSR count). The summed E-state index contributed by atoms with van der Waals surface area (Å²) in [6.07, 6.45) is 2.59. The number of halogens is 1. The standard InChI is InChI=1S/C20H26BrNO5/c1-18(2)22-11-17(27-18)20(13-3-4-14-15(9-13)24-12-23-14)6-5-19(10-16(20)21)25-7-8-26-19/h3-4,9,16-17,22H,5-8,10-12H2,1-2H3/t16-,17-,20-/m0/s1. The monoisotopic (exact) mass is 439 g/mol. The third-order valence-corrected chi connectivity index (χ3v) is 7.56. The van der Waals surface area contributed by atoms with E-state index >= 15 is 0 Å². The number of benzene rings is 1. The maximum absolute atomic E-state index is 6.49. The van der Waals surface area contributed by atoms with Crippen LogP contribution in [0.3, 0.4) is 0 Å². The highest BCUT2D eigenvalue weighted by atomic mass is 79.9. The highest BCUT2D eigenvalue weighted by Gasteiger charge is 2.58. The Morgan fingerprint density at radius 3 is 2.56 bits per heavy atom. The molecule has 1 saturated carbocycles. The summed E-state index contributed by atoms with van der Waals surface area (Å²) in [7, 11) is 0. The lowest BCUT2D eigenvalue weighted by molar-refractivity contribution is -0.191. The van der Waals surface area contributed by atoms with Crippen LogP contribution in [0.25, 0.3) is 0 Å². The number of nitrogens with one attached hydrogen (secondary N) is 1. The third kappa shape index (κ3) is 2.90. The summed E-state index contributed by atoms with van der Waals surface area (Å²) in [5, 5.41) is 3.51. The fourth-order valence-electron chi connectivity index (χ4n) is 4.99. The van der Waals surface area contributed by atoms with Crippen molar-refractivity contribution < 1.29 is 23.7 Å². The van der Waals surface area contributed by atoms with Gasteiger partial charge in [-0.3, -0.25) is 5.32 Å². The maximum Gasteiger partial charge on any atom is 0.231 e. The number of alkyl halides is 1. The van der Waals surface area contributed by atoms with Gasteiger partial charge in [0, 0.05) is 29.6 Å². The van der Waals surface area contributed by atoms with Crippen LogP contribution in [0.1, 0.15) is 38.7 Å². The molecule has 1 aromatic carbocycles. The van der Waals surface area contributed by atoms with Crippen molar-refractivity contribution in [3.8, 4) is 11.5 Å². The van der Waals surface area contributed by atoms with Gasteiger partial charge in [-0.25, -0.2) is 0 Å². The minimum absolute atomic E-state index is 0.0380. The summed E-state index contributed by atoms with van der Waals surface area (Å²) in [6, 6.07) is 6.30. The van der Waals surface area contributed by atoms with Gasteiger partial charge in [-0.05, 0) is 38.0 Å². The van der Waals surface area contributed by atoms with Gasteiger partial charge in [-0.15, -0.1) is 0 Å². The SMILES string of the molecule is CC1(C)NC[C@@H]([C@]2(c3ccc4c(c3)OCO4)CCC3(C[C@@H]2Br)OCCO3)O1. The molecule has 0 radical (unpaired) electrons. The lowest BCUT2D eigenvalue weighted by atomic mass is 9.64. The van der Waals surface area contributed by atoms with Crippen molar-refractivity contribution in [2.75, 3.05) is 26.6 Å². The average molecular weight is 440 g/mol. The first-order valence-electron chi connectivity index (χ1n) is 9.68. The molecule has 3 atom stereocenters. The Labute approximate surface area is 168 Å². The molecule has 3 aliphatic heterocycles. The zero-order valence-corrected chi connectivity index (χ0v) is 17.3. The van der Waals surface area contributed by atoms with Gasteiger partial charge in [0.1, 0.15) is 5.72 Å². The summed E-state index contributed by atoms with van der Waals surface area (Å²) >= 11 is 4.02. The highest BCUT2D eigenvalue weighted by Crippen LogP contribution is 2.54. The highest BCUT2D eigenvalue weighted by molar-refractivity contribution is 9.09. The van der Waals surface area contributed by atoms with Gasteiger partial charge in [-0.1, -0.05) is 22.0 Å². The van der Waals surface area contributed by atoms with Crippen molar-refractivity contribution in [3.63, 3.8) is 0 Å². The maximum atomic E-state index is 6.49. The number of hydrogen-bond acceptors (Lipinski definition) is 6. The Hall–Kier alpha value is -0.860. The van der Waals surface area contributed by atoms with Gasteiger partial charge in [0.15, 0.2) is 17.3 Å². The molecule has 148 valence electrons. The van der Waals surface area contributed by atoms with E-state index in [1.165, 1.54) is 5.56 Å². The van der Waals surface area contributed by atoms with E-state index in [1.807, 2.05) is 6.07 Å². The van der Waals surface area contributed by atoms with E-state index < -0.39 is 5.79 Å². The van der Waals surface area contributed by atoms with E-state index in [-0.39, 0.29) is 28.9 Å². The van der Waals surface area contributed by atoms with Crippen LogP contribution in [-0.4, -0.2) is 49.0 Å². The molecule has 3 heterocycles. The van der Waals surface area contributed by atoms with Crippen molar-refractivity contribution in [3.05, 3.63) is 23.8 Å². The molecular formula is C20H26BrNO5. The fraction of sp³-hybridized carbons (Fsp3) is 0.700. The van der Waals surface area contributed by atoms with Gasteiger partial charge in [0.2, 0.25) is 6.79 Å². The Morgan fingerprint density at radius 2 is 1.85 bits per heavy atom. The van der Waals surface area contributed by atoms with Gasteiger partial charge < -0.3 is 23.7 Å². The number of hydrogen-bond donors (Lipinski definition) is 1. The van der Waals surface area contributed by atoms with E-state index in [2.05, 4.69) is 47.2 Å². The molecule has 7 heteroatoms. The summed E-state index contributed by atoms with van der Waals surface area (Å²) in [4.78, 5) is 0.151. The number of fused-ring (bicyclic) bond motifs is 1. The second kappa shape index (κ2) is 6.32. The molecule has 4 aliphatic rings. The summed E-state index contributed by atoms with van der Waals surface area (Å²) in [5.41, 5.74) is 0.671. The first-order valence-corrected chi connectivity index (χ1v) is 10.6. The van der Waals surface area contributed by atoms with E-state index in [0.29, 0.717) is 13.2 Å². The lowest BCUT2D eigenvalue weighted by Gasteiger charge is -2.50. The predicted molar refractivity (Wildman–Crippen MR) is 102 cm³/mol. The largest absolute Gasteiger partial charge is 0.454 e. The minimum atomic E-state index is -0.463. The zero-order chi connectivity index (χ0) is 18.7. The van der Waals surface area contributed by atoms with Crippen LogP contribution in [0.2, 0.25) is 0 Å². The Kier molecular flexibility index (Phi) is 4.26. The quantitative estimate of drug-likeness (QED) is 0.714. The first-order chi connectivity index (χ1) is 12.9. The van der Waals surface area contributed by atoms with E-state index in [4.69, 9.17) is 23.7 Å². The van der Waals surface area contributed by atoms with Gasteiger partial charge >= 0.3 is 0 Å². The van der Waals surface area contributed by atoms with E-state index in [0.717, 1.165) is 37.3 Å². The van der Waals surface area contributed by atoms with E-state index in [1.54, 1.807) is 0 Å². The molecule has 2 saturated heterocycles. The van der Waals surface area contributed by atoms with E-state index in [9.17, 15) is 0 Å². The fourth-order valence-corrected chi connectivity index (χ4v) is 6.28. The van der Waals surface area contributed by atoms with Crippen LogP contribution < -0.4 is 14.8 Å². The minimum Gasteiger partial charge on any atom is -0.454 e. The number of rotatable bonds is 2. The van der Waals surface area contributed by atoms with Crippen LogP contribution in [0, 0.1) is 0 Å². The van der Waals surface area contributed by atoms with Crippen LogP contribution in [-0.2, 0) is 19.6 Å². The molecule has 1 N–H and O–H groups in total. The summed E-state index contributed by atoms with van der Waals surface area (Å²) < 4.78 is 29.7. The molecule has 6 nitrogen and oxygen atoms in total. The van der Waals surface area contributed by atoms with Crippen molar-refractivity contribution in [1.29, 1.82) is 0 Å². The zero-order valence-electron chi connectivity index (χ0n) is 15.8. The van der Waals surface area contributed by atoms with Crippen molar-refractivity contribution in [2.24, 2.45) is 0 Å². The summed E-state index contributed by atoms with van der Waals surface area (Å²) in [6.45, 7) is 6.59. The van der Waals surface area contributed by atoms with Crippen LogP contribution in [0.5, 0.6) is 11.5 Å². The topological polar surface area (TPSA) is 58.2 Å². The molecule has 3 fully saturated rings. The smallest absolute Gasteiger partial charge is 0.231 e. The second-order valence-electron chi connectivity index (χ2n) is 8.39. The Balaban J connectivity index is 1.54. The molecule has 0 aromatic heterocycles. The molecule has 0 amide bonds. The summed E-state index contributed by atoms with van der Waals surface area (Å²) in [5.74, 6) is 1.15. The average Bonchev–Trinajstić information content (AvgIpc) is 3.35. The molecule has 0 bridgehead atoms. The third-order valence-electron chi connectivity index (χ3n) is 6.42. The second-order valence-corrected chi connectivity index (χ2v) is 9.49. The first kappa shape index (κ1) is 18.2. The molecule has 1 aromatic rings. The van der Waals surface area contributed by atoms with Crippen LogP contribution in [0.15, 0.2) is 18.2 Å². The van der Waals surface area contributed by atoms with Crippen molar-refractivity contribution >= 4 is 15.9 Å². The van der Waals surface area contributed by atoms with Gasteiger partial charge in [0.05, 0.1) is 19.3 Å². The molecular weight excluding hydrogens is 414 g/mol. The van der Waals surface area contributed by atoms with Crippen molar-refractivity contribution in [1.82, 2.24) is 5.32 Å². The molecule has 27 heavy (non-hydrogen) atoms. The van der Waals surface area contributed by atoms with Crippen LogP contribution in [0.4, 0.5) is 0 Å². The molecule has 1 spiro atoms. The molecule has 1 aliphatic carbocycles.